The molecule has 1 fully saturated rings. The van der Waals surface area contributed by atoms with Crippen LogP contribution < -0.4 is 0 Å². The number of benzene rings is 1. The van der Waals surface area contributed by atoms with Gasteiger partial charge in [-0.25, -0.2) is 0 Å². The molecule has 3 heteroatoms. The molecule has 4 rings (SSSR count). The van der Waals surface area contributed by atoms with E-state index in [0.29, 0.717) is 17.8 Å². The van der Waals surface area contributed by atoms with Crippen LogP contribution in [-0.4, -0.2) is 23.3 Å². The lowest BCUT2D eigenvalue weighted by Crippen LogP contribution is -2.47. The standard InChI is InChI=1S/C20H21NO2/c22-14-19-9-10-20(23-19)16-11-17-7-4-8-18(12-16)21(17)13-15-5-2-1-3-6-15/h1-3,5-6,9-11,14,17-18H,4,7-8,12-13H2. The highest BCUT2D eigenvalue weighted by Crippen LogP contribution is 2.38. The zero-order valence-electron chi connectivity index (χ0n) is 13.2. The average molecular weight is 307 g/mol. The number of piperidine rings is 1. The third-order valence-electron chi connectivity index (χ3n) is 5.05. The lowest BCUT2D eigenvalue weighted by Gasteiger charge is -2.45. The van der Waals surface area contributed by atoms with Gasteiger partial charge in [0.1, 0.15) is 5.76 Å². The lowest BCUT2D eigenvalue weighted by molar-refractivity contribution is 0.0945. The summed E-state index contributed by atoms with van der Waals surface area (Å²) < 4.78 is 5.64. The molecule has 3 heterocycles. The van der Waals surface area contributed by atoms with Crippen LogP contribution in [0.4, 0.5) is 0 Å². The summed E-state index contributed by atoms with van der Waals surface area (Å²) in [7, 11) is 0. The molecule has 2 bridgehead atoms. The normalized spacial score (nSPS) is 24.3. The van der Waals surface area contributed by atoms with E-state index >= 15 is 0 Å². The third-order valence-corrected chi connectivity index (χ3v) is 5.05. The second kappa shape index (κ2) is 6.17. The zero-order valence-corrected chi connectivity index (χ0v) is 13.2. The summed E-state index contributed by atoms with van der Waals surface area (Å²) >= 11 is 0. The maximum absolute atomic E-state index is 10.8. The molecule has 2 aliphatic rings. The van der Waals surface area contributed by atoms with Gasteiger partial charge in [0.2, 0.25) is 0 Å². The van der Waals surface area contributed by atoms with Crippen LogP contribution in [0.25, 0.3) is 5.57 Å². The number of carbonyl (C=O) groups is 1. The second-order valence-electron chi connectivity index (χ2n) is 6.53. The highest BCUT2D eigenvalue weighted by atomic mass is 16.3. The Morgan fingerprint density at radius 1 is 1.13 bits per heavy atom. The number of nitrogens with zero attached hydrogens (tertiary/aromatic N) is 1. The van der Waals surface area contributed by atoms with Crippen molar-refractivity contribution in [1.82, 2.24) is 4.90 Å². The number of fused-ring (bicyclic) bond motifs is 2. The Morgan fingerprint density at radius 3 is 2.74 bits per heavy atom. The van der Waals surface area contributed by atoms with Gasteiger partial charge in [0, 0.05) is 18.6 Å². The maximum atomic E-state index is 10.8. The van der Waals surface area contributed by atoms with Gasteiger partial charge in [-0.3, -0.25) is 9.69 Å². The fourth-order valence-electron chi connectivity index (χ4n) is 3.93. The van der Waals surface area contributed by atoms with E-state index in [0.717, 1.165) is 25.0 Å². The van der Waals surface area contributed by atoms with Crippen LogP contribution in [0.5, 0.6) is 0 Å². The minimum atomic E-state index is 0.415. The molecule has 1 aromatic carbocycles. The minimum absolute atomic E-state index is 0.415. The van der Waals surface area contributed by atoms with Gasteiger partial charge in [0.25, 0.3) is 0 Å². The summed E-state index contributed by atoms with van der Waals surface area (Å²) in [6, 6.07) is 15.4. The fourth-order valence-corrected chi connectivity index (χ4v) is 3.93. The average Bonchev–Trinajstić information content (AvgIpc) is 3.05. The molecule has 2 unspecified atom stereocenters. The highest BCUT2D eigenvalue weighted by molar-refractivity contribution is 5.73. The SMILES string of the molecule is O=Cc1ccc(C2=CC3CCCC(C2)N3Cc2ccccc2)o1. The Labute approximate surface area is 136 Å². The third kappa shape index (κ3) is 2.89. The van der Waals surface area contributed by atoms with E-state index in [9.17, 15) is 4.79 Å². The van der Waals surface area contributed by atoms with E-state index < -0.39 is 0 Å². The molecule has 2 atom stereocenters. The number of furan rings is 1. The van der Waals surface area contributed by atoms with Crippen LogP contribution >= 0.6 is 0 Å². The van der Waals surface area contributed by atoms with E-state index in [1.807, 2.05) is 6.07 Å². The molecule has 23 heavy (non-hydrogen) atoms. The van der Waals surface area contributed by atoms with Crippen molar-refractivity contribution in [1.29, 1.82) is 0 Å². The first kappa shape index (κ1) is 14.5. The van der Waals surface area contributed by atoms with Crippen molar-refractivity contribution in [3.63, 3.8) is 0 Å². The van der Waals surface area contributed by atoms with Crippen molar-refractivity contribution in [3.05, 3.63) is 65.6 Å². The molecule has 2 aliphatic heterocycles. The number of aldehydes is 1. The number of rotatable bonds is 4. The van der Waals surface area contributed by atoms with Gasteiger partial charge in [0.15, 0.2) is 12.0 Å². The molecule has 118 valence electrons. The highest BCUT2D eigenvalue weighted by Gasteiger charge is 2.34. The molecule has 3 nitrogen and oxygen atoms in total. The summed E-state index contributed by atoms with van der Waals surface area (Å²) in [5.74, 6) is 1.28. The Bertz CT molecular complexity index is 716. The largest absolute Gasteiger partial charge is 0.454 e. The van der Waals surface area contributed by atoms with Crippen molar-refractivity contribution >= 4 is 11.9 Å². The first-order valence-electron chi connectivity index (χ1n) is 8.39. The van der Waals surface area contributed by atoms with E-state index in [1.54, 1.807) is 6.07 Å². The molecule has 0 radical (unpaired) electrons. The Balaban J connectivity index is 1.59. The second-order valence-corrected chi connectivity index (χ2v) is 6.53. The Kier molecular flexibility index (Phi) is 3.88. The van der Waals surface area contributed by atoms with E-state index in [2.05, 4.69) is 41.3 Å². The first-order chi connectivity index (χ1) is 11.3. The monoisotopic (exact) mass is 307 g/mol. The zero-order chi connectivity index (χ0) is 15.6. The maximum Gasteiger partial charge on any atom is 0.185 e. The van der Waals surface area contributed by atoms with Crippen LogP contribution in [0.3, 0.4) is 0 Å². The summed E-state index contributed by atoms with van der Waals surface area (Å²) in [6.45, 7) is 1.01. The quantitative estimate of drug-likeness (QED) is 0.790. The van der Waals surface area contributed by atoms with Crippen LogP contribution in [0.2, 0.25) is 0 Å². The van der Waals surface area contributed by atoms with Crippen LogP contribution in [0, 0.1) is 0 Å². The summed E-state index contributed by atoms with van der Waals surface area (Å²) in [4.78, 5) is 13.5. The van der Waals surface area contributed by atoms with E-state index in [4.69, 9.17) is 4.42 Å². The van der Waals surface area contributed by atoms with Gasteiger partial charge >= 0.3 is 0 Å². The summed E-state index contributed by atoms with van der Waals surface area (Å²) in [5.41, 5.74) is 2.64. The van der Waals surface area contributed by atoms with Crippen LogP contribution in [0.1, 0.15) is 47.6 Å². The predicted octanol–water partition coefficient (Wildman–Crippen LogP) is 4.30. The Hall–Kier alpha value is -2.13. The van der Waals surface area contributed by atoms with Gasteiger partial charge in [0.05, 0.1) is 0 Å². The summed E-state index contributed by atoms with van der Waals surface area (Å²) in [5, 5.41) is 0. The predicted molar refractivity (Wildman–Crippen MR) is 90.1 cm³/mol. The molecule has 0 N–H and O–H groups in total. The van der Waals surface area contributed by atoms with Gasteiger partial charge < -0.3 is 4.42 Å². The van der Waals surface area contributed by atoms with Crippen molar-refractivity contribution < 1.29 is 9.21 Å². The number of carbonyl (C=O) groups excluding carboxylic acids is 1. The molecule has 0 saturated carbocycles. The van der Waals surface area contributed by atoms with Gasteiger partial charge in [-0.05, 0) is 42.5 Å². The van der Waals surface area contributed by atoms with Crippen molar-refractivity contribution in [2.24, 2.45) is 0 Å². The molecular weight excluding hydrogens is 286 g/mol. The molecule has 0 amide bonds. The lowest BCUT2D eigenvalue weighted by atomic mass is 9.84. The first-order valence-corrected chi connectivity index (χ1v) is 8.39. The van der Waals surface area contributed by atoms with Gasteiger partial charge in [-0.1, -0.05) is 42.8 Å². The molecule has 0 aliphatic carbocycles. The number of hydrogen-bond donors (Lipinski definition) is 0. The smallest absolute Gasteiger partial charge is 0.185 e. The fraction of sp³-hybridized carbons (Fsp3) is 0.350. The summed E-state index contributed by atoms with van der Waals surface area (Å²) in [6.07, 6.45) is 7.87. The number of hydrogen-bond acceptors (Lipinski definition) is 3. The minimum Gasteiger partial charge on any atom is -0.454 e. The molecule has 2 aromatic rings. The van der Waals surface area contributed by atoms with Crippen molar-refractivity contribution in [2.75, 3.05) is 0 Å². The van der Waals surface area contributed by atoms with Crippen molar-refractivity contribution in [2.45, 2.75) is 44.3 Å². The van der Waals surface area contributed by atoms with Gasteiger partial charge in [-0.2, -0.15) is 0 Å². The van der Waals surface area contributed by atoms with Crippen LogP contribution in [0.15, 0.2) is 53.0 Å². The van der Waals surface area contributed by atoms with Crippen molar-refractivity contribution in [3.8, 4) is 0 Å². The van der Waals surface area contributed by atoms with E-state index in [1.165, 1.54) is 30.4 Å². The van der Waals surface area contributed by atoms with Gasteiger partial charge in [-0.15, -0.1) is 0 Å². The molecule has 1 saturated heterocycles. The molecular formula is C20H21NO2. The van der Waals surface area contributed by atoms with E-state index in [-0.39, 0.29) is 0 Å². The molecule has 1 aromatic heterocycles. The van der Waals surface area contributed by atoms with Crippen LogP contribution in [-0.2, 0) is 6.54 Å². The topological polar surface area (TPSA) is 33.5 Å². The molecule has 0 spiro atoms. The Morgan fingerprint density at radius 2 is 2.00 bits per heavy atom.